The average molecular weight is 149 g/mol. The highest BCUT2D eigenvalue weighted by Gasteiger charge is 1.99. The van der Waals surface area contributed by atoms with E-state index in [1.165, 1.54) is 16.9 Å². The van der Waals surface area contributed by atoms with E-state index >= 15 is 0 Å². The first kappa shape index (κ1) is 7.48. The van der Waals surface area contributed by atoms with Gasteiger partial charge in [0, 0.05) is 12.7 Å². The molecule has 0 bridgehead atoms. The number of nitrogens with zero attached hydrogens (tertiary/aromatic N) is 3. The van der Waals surface area contributed by atoms with Gasteiger partial charge in [-0.05, 0) is 13.0 Å². The second-order valence-corrected chi connectivity index (χ2v) is 1.98. The molecule has 0 aliphatic carbocycles. The Morgan fingerprint density at radius 1 is 1.82 bits per heavy atom. The highest BCUT2D eigenvalue weighted by Crippen LogP contribution is 1.84. The molecule has 0 aliphatic heterocycles. The summed E-state index contributed by atoms with van der Waals surface area (Å²) < 4.78 is 1.25. The fraction of sp³-hybridized carbons (Fsp3) is 0.286. The molecule has 1 rings (SSSR count). The maximum absolute atomic E-state index is 11.1. The Labute approximate surface area is 63.7 Å². The third-order valence-corrected chi connectivity index (χ3v) is 1.33. The summed E-state index contributed by atoms with van der Waals surface area (Å²) in [7, 11) is 0. The van der Waals surface area contributed by atoms with Crippen molar-refractivity contribution in [3.8, 4) is 6.07 Å². The van der Waals surface area contributed by atoms with Gasteiger partial charge in [0.1, 0.15) is 11.6 Å². The first-order valence-corrected chi connectivity index (χ1v) is 3.25. The van der Waals surface area contributed by atoms with Gasteiger partial charge in [0.15, 0.2) is 0 Å². The number of aromatic nitrogens is 2. The predicted molar refractivity (Wildman–Crippen MR) is 38.9 cm³/mol. The molecule has 0 spiro atoms. The summed E-state index contributed by atoms with van der Waals surface area (Å²) in [5.41, 5.74) is -0.181. The maximum Gasteiger partial charge on any atom is 0.284 e. The minimum Gasteiger partial charge on any atom is -0.266 e. The SMILES string of the molecule is CCn1nccc(C#N)c1=O. The zero-order valence-corrected chi connectivity index (χ0v) is 6.11. The fourth-order valence-electron chi connectivity index (χ4n) is 0.761. The Kier molecular flexibility index (Phi) is 2.02. The zero-order valence-electron chi connectivity index (χ0n) is 6.11. The molecule has 0 fully saturated rings. The summed E-state index contributed by atoms with van der Waals surface area (Å²) in [6.45, 7) is 2.30. The molecule has 0 saturated carbocycles. The van der Waals surface area contributed by atoms with Crippen LogP contribution in [0, 0.1) is 11.3 Å². The molecule has 1 aromatic rings. The second-order valence-electron chi connectivity index (χ2n) is 1.98. The van der Waals surface area contributed by atoms with Crippen molar-refractivity contribution in [2.24, 2.45) is 0 Å². The highest BCUT2D eigenvalue weighted by atomic mass is 16.1. The second kappa shape index (κ2) is 2.97. The van der Waals surface area contributed by atoms with Gasteiger partial charge in [0.25, 0.3) is 5.56 Å². The molecule has 11 heavy (non-hydrogen) atoms. The van der Waals surface area contributed by atoms with Gasteiger partial charge in [-0.2, -0.15) is 10.4 Å². The Hall–Kier alpha value is -1.63. The van der Waals surface area contributed by atoms with Crippen LogP contribution in [0.25, 0.3) is 0 Å². The fourth-order valence-corrected chi connectivity index (χ4v) is 0.761. The normalized spacial score (nSPS) is 9.09. The summed E-state index contributed by atoms with van der Waals surface area (Å²) in [6.07, 6.45) is 1.45. The third-order valence-electron chi connectivity index (χ3n) is 1.33. The Bertz CT molecular complexity index is 347. The van der Waals surface area contributed by atoms with Gasteiger partial charge in [-0.3, -0.25) is 4.79 Å². The van der Waals surface area contributed by atoms with Gasteiger partial charge in [-0.1, -0.05) is 0 Å². The van der Waals surface area contributed by atoms with Gasteiger partial charge in [0.05, 0.1) is 0 Å². The standard InChI is InChI=1S/C7H7N3O/c1-2-10-7(11)6(5-8)3-4-9-10/h3-4H,2H2,1H3. The number of aryl methyl sites for hydroxylation is 1. The number of hydrogen-bond donors (Lipinski definition) is 0. The lowest BCUT2D eigenvalue weighted by molar-refractivity contribution is 0.613. The lowest BCUT2D eigenvalue weighted by Gasteiger charge is -1.97. The van der Waals surface area contributed by atoms with Crippen molar-refractivity contribution in [1.29, 1.82) is 5.26 Å². The molecular formula is C7H7N3O. The van der Waals surface area contributed by atoms with E-state index < -0.39 is 0 Å². The largest absolute Gasteiger partial charge is 0.284 e. The predicted octanol–water partition coefficient (Wildman–Crippen LogP) is 0.135. The molecule has 4 nitrogen and oxygen atoms in total. The molecule has 0 atom stereocenters. The molecule has 1 aromatic heterocycles. The minimum atomic E-state index is -0.322. The van der Waals surface area contributed by atoms with E-state index in [2.05, 4.69) is 5.10 Å². The summed E-state index contributed by atoms with van der Waals surface area (Å²) in [4.78, 5) is 11.1. The molecular weight excluding hydrogens is 142 g/mol. The highest BCUT2D eigenvalue weighted by molar-refractivity contribution is 5.23. The van der Waals surface area contributed by atoms with Crippen LogP contribution in [0.5, 0.6) is 0 Å². The first-order valence-electron chi connectivity index (χ1n) is 3.25. The molecule has 1 heterocycles. The molecule has 0 saturated heterocycles. The Morgan fingerprint density at radius 3 is 3.09 bits per heavy atom. The molecule has 0 N–H and O–H groups in total. The van der Waals surface area contributed by atoms with Gasteiger partial charge in [-0.25, -0.2) is 4.68 Å². The van der Waals surface area contributed by atoms with Crippen LogP contribution in [0.3, 0.4) is 0 Å². The monoisotopic (exact) mass is 149 g/mol. The molecule has 0 amide bonds. The first-order chi connectivity index (χ1) is 5.29. The van der Waals surface area contributed by atoms with E-state index in [0.29, 0.717) is 6.54 Å². The van der Waals surface area contributed by atoms with Crippen molar-refractivity contribution in [2.45, 2.75) is 13.5 Å². The maximum atomic E-state index is 11.1. The van der Waals surface area contributed by atoms with Gasteiger partial charge >= 0.3 is 0 Å². The quantitative estimate of drug-likeness (QED) is 0.570. The van der Waals surface area contributed by atoms with Crippen molar-refractivity contribution in [3.63, 3.8) is 0 Å². The minimum absolute atomic E-state index is 0.141. The van der Waals surface area contributed by atoms with Crippen LogP contribution >= 0.6 is 0 Å². The zero-order chi connectivity index (χ0) is 8.27. The van der Waals surface area contributed by atoms with Crippen molar-refractivity contribution >= 4 is 0 Å². The van der Waals surface area contributed by atoms with Crippen molar-refractivity contribution < 1.29 is 0 Å². The molecule has 0 radical (unpaired) electrons. The summed E-state index contributed by atoms with van der Waals surface area (Å²) in [5, 5.41) is 12.2. The van der Waals surface area contributed by atoms with Gasteiger partial charge in [0.2, 0.25) is 0 Å². The van der Waals surface area contributed by atoms with Crippen LogP contribution in [0.4, 0.5) is 0 Å². The van der Waals surface area contributed by atoms with Crippen molar-refractivity contribution in [3.05, 3.63) is 28.2 Å². The molecule has 56 valence electrons. The Morgan fingerprint density at radius 2 is 2.55 bits per heavy atom. The van der Waals surface area contributed by atoms with E-state index in [4.69, 9.17) is 5.26 Å². The molecule has 4 heteroatoms. The molecule has 0 aliphatic rings. The van der Waals surface area contributed by atoms with Crippen LogP contribution < -0.4 is 5.56 Å². The van der Waals surface area contributed by atoms with E-state index in [1.807, 2.05) is 0 Å². The van der Waals surface area contributed by atoms with Crippen LogP contribution in [-0.4, -0.2) is 9.78 Å². The lowest BCUT2D eigenvalue weighted by Crippen LogP contribution is -2.23. The van der Waals surface area contributed by atoms with E-state index in [9.17, 15) is 4.79 Å². The smallest absolute Gasteiger partial charge is 0.266 e. The van der Waals surface area contributed by atoms with Crippen molar-refractivity contribution in [2.75, 3.05) is 0 Å². The van der Waals surface area contributed by atoms with Crippen LogP contribution in [-0.2, 0) is 6.54 Å². The summed E-state index contributed by atoms with van der Waals surface area (Å²) >= 11 is 0. The van der Waals surface area contributed by atoms with E-state index in [1.54, 1.807) is 13.0 Å². The number of rotatable bonds is 1. The van der Waals surface area contributed by atoms with Gasteiger partial charge < -0.3 is 0 Å². The Balaban J connectivity index is 3.36. The summed E-state index contributed by atoms with van der Waals surface area (Å²) in [5.74, 6) is 0. The van der Waals surface area contributed by atoms with Crippen LogP contribution in [0.15, 0.2) is 17.1 Å². The average Bonchev–Trinajstić information content (AvgIpc) is 2.05. The van der Waals surface area contributed by atoms with Crippen molar-refractivity contribution in [1.82, 2.24) is 9.78 Å². The van der Waals surface area contributed by atoms with E-state index in [0.717, 1.165) is 0 Å². The van der Waals surface area contributed by atoms with Crippen LogP contribution in [0.2, 0.25) is 0 Å². The topological polar surface area (TPSA) is 58.7 Å². The molecule has 0 aromatic carbocycles. The molecule has 0 unspecified atom stereocenters. The summed E-state index contributed by atoms with van der Waals surface area (Å²) in [6, 6.07) is 3.21. The number of nitriles is 1. The third kappa shape index (κ3) is 1.27. The van der Waals surface area contributed by atoms with E-state index in [-0.39, 0.29) is 11.1 Å². The lowest BCUT2D eigenvalue weighted by atomic mass is 10.3. The number of hydrogen-bond acceptors (Lipinski definition) is 3. The van der Waals surface area contributed by atoms with Gasteiger partial charge in [-0.15, -0.1) is 0 Å². The van der Waals surface area contributed by atoms with Crippen LogP contribution in [0.1, 0.15) is 12.5 Å².